The Morgan fingerprint density at radius 3 is 2.46 bits per heavy atom. The highest BCUT2D eigenvalue weighted by Gasteiger charge is 2.32. The summed E-state index contributed by atoms with van der Waals surface area (Å²) in [4.78, 5) is 12.8. The third-order valence-corrected chi connectivity index (χ3v) is 2.30. The normalized spacial score (nSPS) is 11.7. The monoisotopic (exact) mass is 185 g/mol. The SMILES string of the molecule is C=CCCN(CC)C(C)(C)C(=O)O. The first kappa shape index (κ1) is 12.2. The second-order valence-electron chi connectivity index (χ2n) is 3.52. The van der Waals surface area contributed by atoms with Gasteiger partial charge in [0.25, 0.3) is 0 Å². The fourth-order valence-electron chi connectivity index (χ4n) is 1.22. The molecule has 0 saturated heterocycles. The third-order valence-electron chi connectivity index (χ3n) is 2.30. The van der Waals surface area contributed by atoms with Gasteiger partial charge >= 0.3 is 5.97 Å². The summed E-state index contributed by atoms with van der Waals surface area (Å²) in [5.74, 6) is -0.779. The summed E-state index contributed by atoms with van der Waals surface area (Å²) < 4.78 is 0. The maximum absolute atomic E-state index is 10.9. The van der Waals surface area contributed by atoms with Gasteiger partial charge in [0.05, 0.1) is 0 Å². The van der Waals surface area contributed by atoms with Gasteiger partial charge in [0.2, 0.25) is 0 Å². The lowest BCUT2D eigenvalue weighted by atomic mass is 10.0. The molecule has 0 aliphatic rings. The molecule has 0 aromatic heterocycles. The number of aliphatic carboxylic acids is 1. The smallest absolute Gasteiger partial charge is 0.323 e. The fourth-order valence-corrected chi connectivity index (χ4v) is 1.22. The predicted molar refractivity (Wildman–Crippen MR) is 53.8 cm³/mol. The lowest BCUT2D eigenvalue weighted by Crippen LogP contribution is -2.50. The molecule has 0 rings (SSSR count). The van der Waals surface area contributed by atoms with E-state index in [1.165, 1.54) is 0 Å². The van der Waals surface area contributed by atoms with Crippen molar-refractivity contribution in [1.29, 1.82) is 0 Å². The molecule has 3 heteroatoms. The van der Waals surface area contributed by atoms with E-state index in [1.807, 2.05) is 11.8 Å². The van der Waals surface area contributed by atoms with Gasteiger partial charge in [0, 0.05) is 6.54 Å². The minimum absolute atomic E-state index is 0.743. The minimum atomic E-state index is -0.780. The Morgan fingerprint density at radius 2 is 2.15 bits per heavy atom. The summed E-state index contributed by atoms with van der Waals surface area (Å²) >= 11 is 0. The largest absolute Gasteiger partial charge is 0.480 e. The van der Waals surface area contributed by atoms with Crippen LogP contribution in [-0.4, -0.2) is 34.6 Å². The highest BCUT2D eigenvalue weighted by Crippen LogP contribution is 2.14. The Bertz CT molecular complexity index is 187. The first-order valence-electron chi connectivity index (χ1n) is 4.56. The van der Waals surface area contributed by atoms with Crippen molar-refractivity contribution in [1.82, 2.24) is 4.90 Å². The van der Waals surface area contributed by atoms with Crippen LogP contribution in [0.25, 0.3) is 0 Å². The van der Waals surface area contributed by atoms with Crippen LogP contribution in [0, 0.1) is 0 Å². The second kappa shape index (κ2) is 5.02. The molecule has 0 atom stereocenters. The number of carboxylic acid groups (broad SMARTS) is 1. The van der Waals surface area contributed by atoms with Gasteiger partial charge in [-0.3, -0.25) is 9.69 Å². The van der Waals surface area contributed by atoms with Gasteiger partial charge in [-0.15, -0.1) is 6.58 Å². The van der Waals surface area contributed by atoms with Gasteiger partial charge < -0.3 is 5.11 Å². The van der Waals surface area contributed by atoms with Crippen LogP contribution < -0.4 is 0 Å². The average Bonchev–Trinajstić information content (AvgIpc) is 2.05. The lowest BCUT2D eigenvalue weighted by molar-refractivity contribution is -0.149. The summed E-state index contributed by atoms with van der Waals surface area (Å²) in [5, 5.41) is 8.97. The lowest BCUT2D eigenvalue weighted by Gasteiger charge is -2.33. The molecule has 0 aliphatic carbocycles. The molecule has 0 fully saturated rings. The van der Waals surface area contributed by atoms with E-state index in [-0.39, 0.29) is 0 Å². The number of hydrogen-bond acceptors (Lipinski definition) is 2. The highest BCUT2D eigenvalue weighted by atomic mass is 16.4. The maximum atomic E-state index is 10.9. The van der Waals surface area contributed by atoms with Crippen LogP contribution in [0.4, 0.5) is 0 Å². The van der Waals surface area contributed by atoms with Crippen molar-refractivity contribution in [2.75, 3.05) is 13.1 Å². The van der Waals surface area contributed by atoms with E-state index in [9.17, 15) is 4.79 Å². The maximum Gasteiger partial charge on any atom is 0.323 e. The molecule has 0 aromatic rings. The zero-order valence-corrected chi connectivity index (χ0v) is 8.71. The van der Waals surface area contributed by atoms with Crippen molar-refractivity contribution in [2.24, 2.45) is 0 Å². The van der Waals surface area contributed by atoms with Gasteiger partial charge in [0.1, 0.15) is 5.54 Å². The number of carboxylic acids is 1. The van der Waals surface area contributed by atoms with E-state index >= 15 is 0 Å². The van der Waals surface area contributed by atoms with E-state index in [0.717, 1.165) is 19.5 Å². The van der Waals surface area contributed by atoms with Gasteiger partial charge in [-0.05, 0) is 26.8 Å². The van der Waals surface area contributed by atoms with Crippen LogP contribution in [-0.2, 0) is 4.79 Å². The third kappa shape index (κ3) is 3.19. The number of likely N-dealkylation sites (N-methyl/N-ethyl adjacent to an activating group) is 1. The molecule has 0 amide bonds. The summed E-state index contributed by atoms with van der Waals surface area (Å²) in [6.07, 6.45) is 2.63. The number of hydrogen-bond donors (Lipinski definition) is 1. The quantitative estimate of drug-likeness (QED) is 0.641. The molecule has 0 bridgehead atoms. The van der Waals surface area contributed by atoms with Crippen molar-refractivity contribution in [3.8, 4) is 0 Å². The fraction of sp³-hybridized carbons (Fsp3) is 0.700. The molecule has 0 aromatic carbocycles. The first-order valence-corrected chi connectivity index (χ1v) is 4.56. The van der Waals surface area contributed by atoms with Gasteiger partial charge in [0.15, 0.2) is 0 Å². The molecular formula is C10H19NO2. The molecule has 3 nitrogen and oxygen atoms in total. The predicted octanol–water partition coefficient (Wildman–Crippen LogP) is 1.75. The van der Waals surface area contributed by atoms with Gasteiger partial charge in [-0.2, -0.15) is 0 Å². The molecule has 0 aliphatic heterocycles. The molecule has 0 saturated carbocycles. The Balaban J connectivity index is 4.36. The van der Waals surface area contributed by atoms with E-state index < -0.39 is 11.5 Å². The van der Waals surface area contributed by atoms with E-state index in [1.54, 1.807) is 19.9 Å². The Hall–Kier alpha value is -0.830. The number of carbonyl (C=O) groups is 1. The van der Waals surface area contributed by atoms with Gasteiger partial charge in [-0.25, -0.2) is 0 Å². The van der Waals surface area contributed by atoms with Gasteiger partial charge in [-0.1, -0.05) is 13.0 Å². The van der Waals surface area contributed by atoms with Crippen LogP contribution in [0.5, 0.6) is 0 Å². The van der Waals surface area contributed by atoms with Crippen molar-refractivity contribution in [3.05, 3.63) is 12.7 Å². The number of nitrogens with zero attached hydrogens (tertiary/aromatic N) is 1. The second-order valence-corrected chi connectivity index (χ2v) is 3.52. The summed E-state index contributed by atoms with van der Waals surface area (Å²) in [6, 6.07) is 0. The van der Waals surface area contributed by atoms with E-state index in [2.05, 4.69) is 6.58 Å². The molecular weight excluding hydrogens is 166 g/mol. The minimum Gasteiger partial charge on any atom is -0.480 e. The molecule has 0 heterocycles. The van der Waals surface area contributed by atoms with Crippen molar-refractivity contribution < 1.29 is 9.90 Å². The zero-order valence-electron chi connectivity index (χ0n) is 8.71. The summed E-state index contributed by atoms with van der Waals surface area (Å²) in [5.41, 5.74) is -0.780. The van der Waals surface area contributed by atoms with Crippen molar-refractivity contribution >= 4 is 5.97 Å². The molecule has 13 heavy (non-hydrogen) atoms. The molecule has 76 valence electrons. The Morgan fingerprint density at radius 1 is 1.62 bits per heavy atom. The van der Waals surface area contributed by atoms with E-state index in [4.69, 9.17) is 5.11 Å². The molecule has 0 radical (unpaired) electrons. The highest BCUT2D eigenvalue weighted by molar-refractivity contribution is 5.77. The molecule has 0 unspecified atom stereocenters. The van der Waals surface area contributed by atoms with Crippen LogP contribution >= 0.6 is 0 Å². The number of rotatable bonds is 6. The van der Waals surface area contributed by atoms with Crippen molar-refractivity contribution in [3.63, 3.8) is 0 Å². The van der Waals surface area contributed by atoms with Crippen LogP contribution in [0.3, 0.4) is 0 Å². The first-order chi connectivity index (χ1) is 5.96. The zero-order chi connectivity index (χ0) is 10.5. The van der Waals surface area contributed by atoms with Crippen LogP contribution in [0.15, 0.2) is 12.7 Å². The average molecular weight is 185 g/mol. The van der Waals surface area contributed by atoms with E-state index in [0.29, 0.717) is 0 Å². The summed E-state index contributed by atoms with van der Waals surface area (Å²) in [6.45, 7) is 10.5. The standard InChI is InChI=1S/C10H19NO2/c1-5-7-8-11(6-2)10(3,4)9(12)13/h5H,1,6-8H2,2-4H3,(H,12,13). The van der Waals surface area contributed by atoms with Crippen LogP contribution in [0.2, 0.25) is 0 Å². The molecule has 0 spiro atoms. The van der Waals surface area contributed by atoms with Crippen LogP contribution in [0.1, 0.15) is 27.2 Å². The summed E-state index contributed by atoms with van der Waals surface area (Å²) in [7, 11) is 0. The Labute approximate surface area is 80.0 Å². The Kier molecular flexibility index (Phi) is 4.70. The van der Waals surface area contributed by atoms with Crippen molar-refractivity contribution in [2.45, 2.75) is 32.7 Å². The topological polar surface area (TPSA) is 40.5 Å². The molecule has 1 N–H and O–H groups in total.